The molecule has 0 spiro atoms. The Morgan fingerprint density at radius 2 is 2.09 bits per heavy atom. The average Bonchev–Trinajstić information content (AvgIpc) is 2.84. The van der Waals surface area contributed by atoms with E-state index in [1.807, 2.05) is 12.1 Å². The summed E-state index contributed by atoms with van der Waals surface area (Å²) in [4.78, 5) is 25.6. The number of carbonyl (C=O) groups excluding carboxylic acids is 2. The third-order valence-electron chi connectivity index (χ3n) is 4.10. The lowest BCUT2D eigenvalue weighted by Crippen LogP contribution is -2.20. The molecule has 6 heteroatoms. The van der Waals surface area contributed by atoms with Crippen molar-refractivity contribution in [2.45, 2.75) is 26.2 Å². The van der Waals surface area contributed by atoms with Crippen molar-refractivity contribution in [3.05, 3.63) is 50.3 Å². The van der Waals surface area contributed by atoms with Gasteiger partial charge in [0.25, 0.3) is 11.8 Å². The molecule has 4 nitrogen and oxygen atoms in total. The molecule has 3 N–H and O–H groups in total. The molecule has 1 aromatic carbocycles. The van der Waals surface area contributed by atoms with Crippen LogP contribution in [0.5, 0.6) is 0 Å². The van der Waals surface area contributed by atoms with Crippen molar-refractivity contribution in [2.24, 2.45) is 11.7 Å². The zero-order valence-corrected chi connectivity index (χ0v) is 15.1. The van der Waals surface area contributed by atoms with Crippen LogP contribution in [0.15, 0.2) is 28.7 Å². The van der Waals surface area contributed by atoms with E-state index in [-0.39, 0.29) is 5.91 Å². The van der Waals surface area contributed by atoms with Crippen LogP contribution in [-0.4, -0.2) is 11.8 Å². The molecule has 0 fully saturated rings. The lowest BCUT2D eigenvalue weighted by molar-refractivity contribution is 0.1000. The van der Waals surface area contributed by atoms with Gasteiger partial charge < -0.3 is 11.1 Å². The molecule has 2 aromatic rings. The smallest absolute Gasteiger partial charge is 0.257 e. The van der Waals surface area contributed by atoms with E-state index in [0.717, 1.165) is 24.8 Å². The first-order chi connectivity index (χ1) is 11.0. The summed E-state index contributed by atoms with van der Waals surface area (Å²) in [6, 6.07) is 7.20. The van der Waals surface area contributed by atoms with Crippen LogP contribution in [0.3, 0.4) is 0 Å². The predicted molar refractivity (Wildman–Crippen MR) is 96.1 cm³/mol. The van der Waals surface area contributed by atoms with Crippen LogP contribution in [0.4, 0.5) is 5.00 Å². The number of benzene rings is 1. The normalized spacial score (nSPS) is 16.7. The molecule has 1 aromatic heterocycles. The Morgan fingerprint density at radius 3 is 2.78 bits per heavy atom. The molecule has 0 radical (unpaired) electrons. The molecule has 1 atom stereocenters. The lowest BCUT2D eigenvalue weighted by atomic mass is 9.87. The number of rotatable bonds is 3. The van der Waals surface area contributed by atoms with E-state index in [9.17, 15) is 9.59 Å². The van der Waals surface area contributed by atoms with E-state index in [4.69, 9.17) is 5.73 Å². The van der Waals surface area contributed by atoms with Gasteiger partial charge in [0.2, 0.25) is 0 Å². The van der Waals surface area contributed by atoms with E-state index in [1.165, 1.54) is 16.2 Å². The van der Waals surface area contributed by atoms with Gasteiger partial charge in [0.15, 0.2) is 0 Å². The van der Waals surface area contributed by atoms with Gasteiger partial charge in [0.05, 0.1) is 11.1 Å². The second-order valence-electron chi connectivity index (χ2n) is 5.85. The van der Waals surface area contributed by atoms with Crippen LogP contribution < -0.4 is 11.1 Å². The maximum absolute atomic E-state index is 12.5. The van der Waals surface area contributed by atoms with Crippen molar-refractivity contribution in [1.29, 1.82) is 0 Å². The Morgan fingerprint density at radius 1 is 1.35 bits per heavy atom. The Kier molecular flexibility index (Phi) is 4.55. The fourth-order valence-corrected chi connectivity index (χ4v) is 4.63. The van der Waals surface area contributed by atoms with Crippen LogP contribution in [-0.2, 0) is 12.8 Å². The minimum atomic E-state index is -0.473. The summed E-state index contributed by atoms with van der Waals surface area (Å²) in [5, 5.41) is 3.44. The van der Waals surface area contributed by atoms with Gasteiger partial charge in [0, 0.05) is 9.35 Å². The van der Waals surface area contributed by atoms with E-state index in [0.29, 0.717) is 26.5 Å². The number of anilines is 1. The van der Waals surface area contributed by atoms with Crippen molar-refractivity contribution in [1.82, 2.24) is 0 Å². The second kappa shape index (κ2) is 6.45. The summed E-state index contributed by atoms with van der Waals surface area (Å²) in [6.07, 6.45) is 2.88. The molecule has 3 rings (SSSR count). The minimum Gasteiger partial charge on any atom is -0.365 e. The van der Waals surface area contributed by atoms with Gasteiger partial charge in [-0.1, -0.05) is 19.1 Å². The SMILES string of the molecule is C[C@H]1CCc2sc(NC(=O)c3ccccc3Br)c(C(N)=O)c2C1. The number of aryl methyl sites for hydroxylation is 1. The van der Waals surface area contributed by atoms with Gasteiger partial charge in [-0.3, -0.25) is 9.59 Å². The Bertz CT molecular complexity index is 785. The van der Waals surface area contributed by atoms with Crippen LogP contribution >= 0.6 is 27.3 Å². The first-order valence-corrected chi connectivity index (χ1v) is 9.08. The molecule has 0 bridgehead atoms. The highest BCUT2D eigenvalue weighted by molar-refractivity contribution is 9.10. The first-order valence-electron chi connectivity index (χ1n) is 7.47. The molecule has 0 saturated heterocycles. The minimum absolute atomic E-state index is 0.244. The number of carbonyl (C=O) groups is 2. The number of thiophene rings is 1. The van der Waals surface area contributed by atoms with Crippen molar-refractivity contribution >= 4 is 44.1 Å². The fourth-order valence-electron chi connectivity index (χ4n) is 2.92. The average molecular weight is 393 g/mol. The molecule has 0 aliphatic heterocycles. The van der Waals surface area contributed by atoms with Gasteiger partial charge in [-0.05, 0) is 58.8 Å². The number of halogens is 1. The fraction of sp³-hybridized carbons (Fsp3) is 0.294. The summed E-state index contributed by atoms with van der Waals surface area (Å²) < 4.78 is 0.716. The standard InChI is InChI=1S/C17H17BrN2O2S/c1-9-6-7-13-11(8-9)14(15(19)21)17(23-13)20-16(22)10-4-2-3-5-12(10)18/h2-5,9H,6-8H2,1H3,(H2,19,21)(H,20,22)/t9-/m0/s1. The van der Waals surface area contributed by atoms with Gasteiger partial charge in [0.1, 0.15) is 5.00 Å². The van der Waals surface area contributed by atoms with Crippen molar-refractivity contribution < 1.29 is 9.59 Å². The molecular weight excluding hydrogens is 376 g/mol. The van der Waals surface area contributed by atoms with Crippen LogP contribution in [0, 0.1) is 5.92 Å². The number of hydrogen-bond acceptors (Lipinski definition) is 3. The molecular formula is C17H17BrN2O2S. The molecule has 23 heavy (non-hydrogen) atoms. The predicted octanol–water partition coefficient (Wildman–Crippen LogP) is 3.99. The monoisotopic (exact) mass is 392 g/mol. The third kappa shape index (κ3) is 3.19. The van der Waals surface area contributed by atoms with Gasteiger partial charge in [-0.2, -0.15) is 0 Å². The summed E-state index contributed by atoms with van der Waals surface area (Å²) >= 11 is 4.85. The van der Waals surface area contributed by atoms with Crippen molar-refractivity contribution in [3.63, 3.8) is 0 Å². The Hall–Kier alpha value is -1.66. The number of nitrogens with two attached hydrogens (primary N) is 1. The molecule has 1 heterocycles. The first kappa shape index (κ1) is 16.2. The quantitative estimate of drug-likeness (QED) is 0.828. The highest BCUT2D eigenvalue weighted by Crippen LogP contribution is 2.39. The number of hydrogen-bond donors (Lipinski definition) is 2. The molecule has 0 unspecified atom stereocenters. The van der Waals surface area contributed by atoms with E-state index < -0.39 is 5.91 Å². The molecule has 1 aliphatic rings. The lowest BCUT2D eigenvalue weighted by Gasteiger charge is -2.18. The number of nitrogens with one attached hydrogen (secondary N) is 1. The van der Waals surface area contributed by atoms with Gasteiger partial charge in [-0.25, -0.2) is 0 Å². The summed E-state index contributed by atoms with van der Waals surface area (Å²) in [5.74, 6) is -0.187. The molecule has 1 aliphatic carbocycles. The van der Waals surface area contributed by atoms with E-state index in [1.54, 1.807) is 12.1 Å². The van der Waals surface area contributed by atoms with Gasteiger partial charge >= 0.3 is 0 Å². The number of amides is 2. The Labute approximate surface area is 147 Å². The highest BCUT2D eigenvalue weighted by atomic mass is 79.9. The number of primary amides is 1. The van der Waals surface area contributed by atoms with Crippen molar-refractivity contribution in [3.8, 4) is 0 Å². The Balaban J connectivity index is 1.96. The maximum atomic E-state index is 12.5. The zero-order chi connectivity index (χ0) is 16.6. The molecule has 0 saturated carbocycles. The number of fused-ring (bicyclic) bond motifs is 1. The second-order valence-corrected chi connectivity index (χ2v) is 7.81. The maximum Gasteiger partial charge on any atom is 0.257 e. The van der Waals surface area contributed by atoms with Crippen LogP contribution in [0.25, 0.3) is 0 Å². The molecule has 2 amide bonds. The summed E-state index contributed by atoms with van der Waals surface area (Å²) in [7, 11) is 0. The van der Waals surface area contributed by atoms with Gasteiger partial charge in [-0.15, -0.1) is 11.3 Å². The third-order valence-corrected chi connectivity index (χ3v) is 6.00. The van der Waals surface area contributed by atoms with E-state index in [2.05, 4.69) is 28.2 Å². The van der Waals surface area contributed by atoms with Crippen molar-refractivity contribution in [2.75, 3.05) is 5.32 Å². The summed E-state index contributed by atoms with van der Waals surface area (Å²) in [6.45, 7) is 2.17. The largest absolute Gasteiger partial charge is 0.365 e. The van der Waals surface area contributed by atoms with E-state index >= 15 is 0 Å². The summed E-state index contributed by atoms with van der Waals surface area (Å²) in [5.41, 5.74) is 7.61. The topological polar surface area (TPSA) is 72.2 Å². The zero-order valence-electron chi connectivity index (χ0n) is 12.7. The van der Waals surface area contributed by atoms with Crippen LogP contribution in [0.1, 0.15) is 44.5 Å². The highest BCUT2D eigenvalue weighted by Gasteiger charge is 2.27. The molecule has 120 valence electrons. The van der Waals surface area contributed by atoms with Crippen LogP contribution in [0.2, 0.25) is 0 Å².